The van der Waals surface area contributed by atoms with Crippen LogP contribution < -0.4 is 0 Å². The van der Waals surface area contributed by atoms with Gasteiger partial charge in [-0.25, -0.2) is 4.79 Å². The van der Waals surface area contributed by atoms with Crippen molar-refractivity contribution < 1.29 is 48.4 Å². The maximum atomic E-state index is 14.4. The van der Waals surface area contributed by atoms with E-state index in [0.29, 0.717) is 6.29 Å². The molecule has 1 aliphatic heterocycles. The fraction of sp³-hybridized carbons (Fsp3) is 0.536. The molecule has 2 unspecified atom stereocenters. The maximum Gasteiger partial charge on any atom is 0.338 e. The molecule has 1 aromatic carbocycles. The van der Waals surface area contributed by atoms with Crippen LogP contribution in [0.1, 0.15) is 51.4 Å². The van der Waals surface area contributed by atoms with Gasteiger partial charge in [-0.1, -0.05) is 18.2 Å². The van der Waals surface area contributed by atoms with Gasteiger partial charge in [-0.3, -0.25) is 19.2 Å². The Morgan fingerprint density at radius 2 is 1.68 bits per heavy atom. The predicted octanol–water partition coefficient (Wildman–Crippen LogP) is 1.35. The first-order chi connectivity index (χ1) is 17.7. The van der Waals surface area contributed by atoms with E-state index in [9.17, 15) is 34.2 Å². The Bertz CT molecular complexity index is 1220. The third kappa shape index (κ3) is 3.93. The van der Waals surface area contributed by atoms with Gasteiger partial charge in [0, 0.05) is 13.3 Å². The first kappa shape index (κ1) is 27.8. The van der Waals surface area contributed by atoms with Crippen LogP contribution in [0.15, 0.2) is 41.5 Å². The zero-order valence-corrected chi connectivity index (χ0v) is 21.9. The number of fused-ring (bicyclic) bond motifs is 3. The lowest BCUT2D eigenvalue weighted by Crippen LogP contribution is -2.79. The Morgan fingerprint density at radius 1 is 1.05 bits per heavy atom. The summed E-state index contributed by atoms with van der Waals surface area (Å²) in [4.78, 5) is 65.8. The van der Waals surface area contributed by atoms with Crippen molar-refractivity contribution in [3.05, 3.63) is 47.0 Å². The highest BCUT2D eigenvalue weighted by Gasteiger charge is 2.75. The number of aliphatic hydroxyl groups excluding tert-OH is 2. The summed E-state index contributed by atoms with van der Waals surface area (Å²) in [5, 5.41) is 22.6. The number of rotatable bonds is 4. The number of ether oxygens (including phenoxy) is 3. The van der Waals surface area contributed by atoms with E-state index in [0.717, 1.165) is 6.92 Å². The third-order valence-electron chi connectivity index (χ3n) is 8.44. The molecule has 0 radical (unpaired) electrons. The van der Waals surface area contributed by atoms with Gasteiger partial charge in [0.05, 0.1) is 35.0 Å². The van der Waals surface area contributed by atoms with Crippen molar-refractivity contribution in [2.75, 3.05) is 6.61 Å². The topological polar surface area (TPSA) is 154 Å². The Morgan fingerprint density at radius 3 is 2.21 bits per heavy atom. The predicted molar refractivity (Wildman–Crippen MR) is 131 cm³/mol. The van der Waals surface area contributed by atoms with E-state index in [1.165, 1.54) is 39.8 Å². The van der Waals surface area contributed by atoms with E-state index in [1.807, 2.05) is 0 Å². The minimum atomic E-state index is -1.93. The number of aliphatic hydroxyl groups is 2. The van der Waals surface area contributed by atoms with Gasteiger partial charge in [-0.2, -0.15) is 0 Å². The lowest BCUT2D eigenvalue weighted by Gasteiger charge is -2.63. The van der Waals surface area contributed by atoms with E-state index in [2.05, 4.69) is 0 Å². The number of carbonyl (C=O) groups excluding carboxylic acids is 5. The van der Waals surface area contributed by atoms with Crippen molar-refractivity contribution in [3.8, 4) is 0 Å². The van der Waals surface area contributed by atoms with E-state index < -0.39 is 70.3 Å². The summed E-state index contributed by atoms with van der Waals surface area (Å²) in [6, 6.07) is 7.90. The molecular formula is C28H32O10. The van der Waals surface area contributed by atoms with Crippen LogP contribution in [0.25, 0.3) is 0 Å². The molecule has 1 saturated heterocycles. The van der Waals surface area contributed by atoms with Crippen LogP contribution in [-0.4, -0.2) is 76.6 Å². The number of hydrogen-bond acceptors (Lipinski definition) is 10. The average molecular weight is 529 g/mol. The quantitative estimate of drug-likeness (QED) is 0.333. The molecule has 1 heterocycles. The van der Waals surface area contributed by atoms with Gasteiger partial charge in [0.2, 0.25) is 0 Å². The molecule has 0 amide bonds. The molecule has 0 aromatic heterocycles. The lowest BCUT2D eigenvalue weighted by molar-refractivity contribution is -0.328. The van der Waals surface area contributed by atoms with Gasteiger partial charge in [-0.15, -0.1) is 0 Å². The summed E-state index contributed by atoms with van der Waals surface area (Å²) in [5.74, 6) is -4.61. The summed E-state index contributed by atoms with van der Waals surface area (Å²) in [6.07, 6.45) is -5.70. The highest BCUT2D eigenvalue weighted by atomic mass is 16.6. The van der Waals surface area contributed by atoms with Gasteiger partial charge in [0.15, 0.2) is 23.3 Å². The number of esters is 2. The Labute approximate surface area is 219 Å². The Hall–Kier alpha value is -3.21. The van der Waals surface area contributed by atoms with Crippen LogP contribution in [-0.2, 0) is 33.4 Å². The molecule has 7 atom stereocenters. The molecule has 0 spiro atoms. The largest absolute Gasteiger partial charge is 0.453 e. The zero-order chi connectivity index (χ0) is 28.2. The Kier molecular flexibility index (Phi) is 6.97. The van der Waals surface area contributed by atoms with Crippen LogP contribution in [0.3, 0.4) is 0 Å². The first-order valence-corrected chi connectivity index (χ1v) is 12.4. The third-order valence-corrected chi connectivity index (χ3v) is 8.44. The van der Waals surface area contributed by atoms with Gasteiger partial charge in [-0.05, 0) is 51.0 Å². The molecule has 204 valence electrons. The Balaban J connectivity index is 2.00. The van der Waals surface area contributed by atoms with Crippen molar-refractivity contribution in [2.24, 2.45) is 16.7 Å². The van der Waals surface area contributed by atoms with Crippen molar-refractivity contribution in [1.82, 2.24) is 0 Å². The number of carbonyl (C=O) groups is 5. The molecule has 10 heteroatoms. The number of hydrogen-bond donors (Lipinski definition) is 2. The molecule has 2 N–H and O–H groups in total. The number of Topliss-reactive ketones (excluding diaryl/α,β-unsaturated/α-hetero) is 2. The average Bonchev–Trinajstić information content (AvgIpc) is 2.87. The van der Waals surface area contributed by atoms with E-state index >= 15 is 0 Å². The molecule has 1 aromatic rings. The second-order valence-corrected chi connectivity index (χ2v) is 11.0. The van der Waals surface area contributed by atoms with Crippen molar-refractivity contribution in [1.29, 1.82) is 0 Å². The summed E-state index contributed by atoms with van der Waals surface area (Å²) < 4.78 is 17.2. The van der Waals surface area contributed by atoms with Gasteiger partial charge in [0.25, 0.3) is 0 Å². The lowest BCUT2D eigenvalue weighted by atomic mass is 9.49. The molecule has 0 bridgehead atoms. The normalized spacial score (nSPS) is 37.4. The van der Waals surface area contributed by atoms with Crippen molar-refractivity contribution in [2.45, 2.75) is 71.1 Å². The van der Waals surface area contributed by atoms with Crippen LogP contribution in [0.5, 0.6) is 0 Å². The number of aldehydes is 1. The van der Waals surface area contributed by atoms with Gasteiger partial charge < -0.3 is 24.4 Å². The molecular weight excluding hydrogens is 496 g/mol. The van der Waals surface area contributed by atoms with Crippen molar-refractivity contribution >= 4 is 29.8 Å². The molecule has 3 aliphatic rings. The molecule has 10 nitrogen and oxygen atoms in total. The molecule has 2 aliphatic carbocycles. The van der Waals surface area contributed by atoms with E-state index in [1.54, 1.807) is 18.2 Å². The van der Waals surface area contributed by atoms with E-state index in [4.69, 9.17) is 14.2 Å². The van der Waals surface area contributed by atoms with Crippen LogP contribution in [0.4, 0.5) is 0 Å². The summed E-state index contributed by atoms with van der Waals surface area (Å²) >= 11 is 0. The van der Waals surface area contributed by atoms with Crippen LogP contribution in [0, 0.1) is 16.7 Å². The molecule has 2 saturated carbocycles. The standard InChI is InChI=1S/C28H32O10/c1-14(12-29)19-20(32)23(33)27(5)17(31)11-18-28(13-36-18,38-15(2)30)22(27)21(24(34)26(19,3)4)37-25(35)16-9-7-6-8-10-16/h6-10,12,17-18,20-22,31-32H,11,13H2,1-5H3/b19-14-/t17-,18+,20+,21?,22?,27+,28-/m0/s1. The summed E-state index contributed by atoms with van der Waals surface area (Å²) in [6.45, 7) is 6.53. The minimum absolute atomic E-state index is 0.0377. The monoisotopic (exact) mass is 528 g/mol. The van der Waals surface area contributed by atoms with Gasteiger partial charge >= 0.3 is 11.9 Å². The van der Waals surface area contributed by atoms with Gasteiger partial charge in [0.1, 0.15) is 18.5 Å². The fourth-order valence-corrected chi connectivity index (χ4v) is 6.46. The summed E-state index contributed by atoms with van der Waals surface area (Å²) in [7, 11) is 0. The number of allylic oxidation sites excluding steroid dienone is 1. The SMILES string of the molecule is CC(=O)O[C@@]12CO[C@@H]1C[C@H](O)[C@@]1(C)C(=O)[C@H](O)/C(=C(\C)C=O)C(C)(C)C(=O)C(OC(=O)c3ccccc3)C12. The molecule has 38 heavy (non-hydrogen) atoms. The maximum absolute atomic E-state index is 14.4. The zero-order valence-electron chi connectivity index (χ0n) is 21.9. The fourth-order valence-electron chi connectivity index (χ4n) is 6.46. The van der Waals surface area contributed by atoms with E-state index in [-0.39, 0.29) is 29.7 Å². The number of benzene rings is 1. The highest BCUT2D eigenvalue weighted by Crippen LogP contribution is 2.59. The number of ketones is 2. The van der Waals surface area contributed by atoms with Crippen LogP contribution >= 0.6 is 0 Å². The second kappa shape index (κ2) is 9.52. The second-order valence-electron chi connectivity index (χ2n) is 11.0. The highest BCUT2D eigenvalue weighted by molar-refractivity contribution is 6.03. The smallest absolute Gasteiger partial charge is 0.338 e. The van der Waals surface area contributed by atoms with Crippen LogP contribution in [0.2, 0.25) is 0 Å². The van der Waals surface area contributed by atoms with Crippen molar-refractivity contribution in [3.63, 3.8) is 0 Å². The first-order valence-electron chi connectivity index (χ1n) is 12.4. The molecule has 3 fully saturated rings. The molecule has 4 rings (SSSR count). The minimum Gasteiger partial charge on any atom is -0.453 e. The summed E-state index contributed by atoms with van der Waals surface area (Å²) in [5.41, 5.74) is -5.25.